The first kappa shape index (κ1) is 15.2. The molecule has 1 N–H and O–H groups in total. The summed E-state index contributed by atoms with van der Waals surface area (Å²) in [5.41, 5.74) is 0.826. The lowest BCUT2D eigenvalue weighted by Crippen LogP contribution is -2.25. The number of carboxylic acid groups (broad SMARTS) is 1. The van der Waals surface area contributed by atoms with Gasteiger partial charge in [0.2, 0.25) is 0 Å². The lowest BCUT2D eigenvalue weighted by Gasteiger charge is -2.16. The molecular weight excluding hydrogens is 270 g/mol. The second-order valence-electron chi connectivity index (χ2n) is 4.68. The number of aromatic carboxylic acids is 1. The molecule has 6 heteroatoms. The predicted molar refractivity (Wildman–Crippen MR) is 78.2 cm³/mol. The van der Waals surface area contributed by atoms with E-state index in [1.165, 1.54) is 12.1 Å². The topological polar surface area (TPSA) is 79.5 Å². The van der Waals surface area contributed by atoms with Crippen LogP contribution in [0, 0.1) is 0 Å². The van der Waals surface area contributed by atoms with Crippen molar-refractivity contribution in [3.8, 4) is 11.5 Å². The standard InChI is InChI=1S/C15H19N3O3/c1-3-18(4-2)9-8-13-16-14(21-17-13)11-6-5-7-12(10-11)15(19)20/h5-7,10H,3-4,8-9H2,1-2H3,(H,19,20). The van der Waals surface area contributed by atoms with Gasteiger partial charge in [0.1, 0.15) is 0 Å². The minimum atomic E-state index is -0.974. The van der Waals surface area contributed by atoms with Crippen LogP contribution in [-0.2, 0) is 6.42 Å². The maximum atomic E-state index is 11.0. The minimum absolute atomic E-state index is 0.204. The molecule has 112 valence electrons. The molecule has 1 heterocycles. The lowest BCUT2D eigenvalue weighted by molar-refractivity contribution is 0.0697. The van der Waals surface area contributed by atoms with Crippen LogP contribution >= 0.6 is 0 Å². The molecule has 0 saturated carbocycles. The van der Waals surface area contributed by atoms with Crippen LogP contribution in [0.3, 0.4) is 0 Å². The number of rotatable bonds is 7. The number of aromatic nitrogens is 2. The first-order valence-corrected chi connectivity index (χ1v) is 7.02. The van der Waals surface area contributed by atoms with Crippen LogP contribution < -0.4 is 0 Å². The van der Waals surface area contributed by atoms with Gasteiger partial charge >= 0.3 is 5.97 Å². The molecule has 1 aromatic carbocycles. The molecule has 0 spiro atoms. The lowest BCUT2D eigenvalue weighted by atomic mass is 10.1. The maximum absolute atomic E-state index is 11.0. The Morgan fingerprint density at radius 3 is 2.76 bits per heavy atom. The van der Waals surface area contributed by atoms with E-state index in [1.807, 2.05) is 0 Å². The zero-order chi connectivity index (χ0) is 15.2. The number of hydrogen-bond acceptors (Lipinski definition) is 5. The van der Waals surface area contributed by atoms with Crippen LogP contribution in [0.25, 0.3) is 11.5 Å². The summed E-state index contributed by atoms with van der Waals surface area (Å²) < 4.78 is 5.21. The van der Waals surface area contributed by atoms with Crippen molar-refractivity contribution in [3.05, 3.63) is 35.7 Å². The van der Waals surface area contributed by atoms with Crippen molar-refractivity contribution < 1.29 is 14.4 Å². The van der Waals surface area contributed by atoms with Crippen LogP contribution in [0.1, 0.15) is 30.0 Å². The number of carboxylic acids is 1. The van der Waals surface area contributed by atoms with Crippen molar-refractivity contribution in [2.45, 2.75) is 20.3 Å². The van der Waals surface area contributed by atoms with E-state index < -0.39 is 5.97 Å². The van der Waals surface area contributed by atoms with Gasteiger partial charge in [0, 0.05) is 18.5 Å². The van der Waals surface area contributed by atoms with Crippen molar-refractivity contribution in [2.24, 2.45) is 0 Å². The van der Waals surface area contributed by atoms with E-state index in [2.05, 4.69) is 28.9 Å². The van der Waals surface area contributed by atoms with Crippen LogP contribution in [0.2, 0.25) is 0 Å². The Bertz CT molecular complexity index is 606. The summed E-state index contributed by atoms with van der Waals surface area (Å²) in [6.45, 7) is 7.08. The van der Waals surface area contributed by atoms with Gasteiger partial charge in [0.05, 0.1) is 5.56 Å². The average molecular weight is 289 g/mol. The number of hydrogen-bond donors (Lipinski definition) is 1. The highest BCUT2D eigenvalue weighted by Crippen LogP contribution is 2.18. The smallest absolute Gasteiger partial charge is 0.335 e. The van der Waals surface area contributed by atoms with Gasteiger partial charge in [-0.2, -0.15) is 4.98 Å². The fourth-order valence-electron chi connectivity index (χ4n) is 2.06. The van der Waals surface area contributed by atoms with Crippen molar-refractivity contribution in [3.63, 3.8) is 0 Å². The van der Waals surface area contributed by atoms with E-state index >= 15 is 0 Å². The predicted octanol–water partition coefficient (Wildman–Crippen LogP) is 2.32. The van der Waals surface area contributed by atoms with E-state index in [4.69, 9.17) is 9.63 Å². The molecule has 0 aliphatic heterocycles. The van der Waals surface area contributed by atoms with Crippen molar-refractivity contribution >= 4 is 5.97 Å². The summed E-state index contributed by atoms with van der Waals surface area (Å²) in [7, 11) is 0. The fraction of sp³-hybridized carbons (Fsp3) is 0.400. The Balaban J connectivity index is 2.09. The quantitative estimate of drug-likeness (QED) is 0.842. The van der Waals surface area contributed by atoms with E-state index in [9.17, 15) is 4.79 Å². The Morgan fingerprint density at radius 1 is 1.33 bits per heavy atom. The molecule has 2 rings (SSSR count). The van der Waals surface area contributed by atoms with Crippen LogP contribution in [0.4, 0.5) is 0 Å². The zero-order valence-electron chi connectivity index (χ0n) is 12.2. The molecule has 1 aromatic heterocycles. The molecule has 0 amide bonds. The van der Waals surface area contributed by atoms with Crippen LogP contribution in [0.15, 0.2) is 28.8 Å². The third-order valence-corrected chi connectivity index (χ3v) is 3.37. The van der Waals surface area contributed by atoms with Crippen molar-refractivity contribution in [1.29, 1.82) is 0 Å². The molecule has 0 bridgehead atoms. The zero-order valence-corrected chi connectivity index (χ0v) is 12.2. The van der Waals surface area contributed by atoms with Gasteiger partial charge in [0.25, 0.3) is 5.89 Å². The summed E-state index contributed by atoms with van der Waals surface area (Å²) >= 11 is 0. The molecule has 0 aliphatic carbocycles. The second-order valence-corrected chi connectivity index (χ2v) is 4.68. The van der Waals surface area contributed by atoms with Gasteiger partial charge in [-0.05, 0) is 31.3 Å². The largest absolute Gasteiger partial charge is 0.478 e. The first-order valence-electron chi connectivity index (χ1n) is 7.02. The molecule has 21 heavy (non-hydrogen) atoms. The van der Waals surface area contributed by atoms with Gasteiger partial charge < -0.3 is 14.5 Å². The average Bonchev–Trinajstić information content (AvgIpc) is 2.97. The molecule has 0 saturated heterocycles. The highest BCUT2D eigenvalue weighted by Gasteiger charge is 2.12. The van der Waals surface area contributed by atoms with Gasteiger partial charge in [-0.3, -0.25) is 0 Å². The van der Waals surface area contributed by atoms with Gasteiger partial charge in [-0.25, -0.2) is 4.79 Å². The SMILES string of the molecule is CCN(CC)CCc1noc(-c2cccc(C(=O)O)c2)n1. The van der Waals surface area contributed by atoms with Crippen molar-refractivity contribution in [2.75, 3.05) is 19.6 Å². The molecule has 6 nitrogen and oxygen atoms in total. The maximum Gasteiger partial charge on any atom is 0.335 e. The molecule has 0 atom stereocenters. The Morgan fingerprint density at radius 2 is 2.10 bits per heavy atom. The molecule has 0 aliphatic rings. The third kappa shape index (κ3) is 3.88. The molecule has 0 unspecified atom stereocenters. The highest BCUT2D eigenvalue weighted by atomic mass is 16.5. The first-order chi connectivity index (χ1) is 10.1. The van der Waals surface area contributed by atoms with Crippen LogP contribution in [-0.4, -0.2) is 45.8 Å². The summed E-state index contributed by atoms with van der Waals surface area (Å²) in [5.74, 6) is 0.0170. The molecule has 2 aromatic rings. The third-order valence-electron chi connectivity index (χ3n) is 3.37. The van der Waals surface area contributed by atoms with E-state index in [-0.39, 0.29) is 5.56 Å². The van der Waals surface area contributed by atoms with Gasteiger partial charge in [0.15, 0.2) is 5.82 Å². The molecule has 0 radical (unpaired) electrons. The Hall–Kier alpha value is -2.21. The van der Waals surface area contributed by atoms with E-state index in [0.29, 0.717) is 23.7 Å². The normalized spacial score (nSPS) is 11.0. The number of nitrogens with zero attached hydrogens (tertiary/aromatic N) is 3. The molecular formula is C15H19N3O3. The summed E-state index contributed by atoms with van der Waals surface area (Å²) in [6, 6.07) is 6.49. The van der Waals surface area contributed by atoms with Gasteiger partial charge in [-0.1, -0.05) is 25.1 Å². The summed E-state index contributed by atoms with van der Waals surface area (Å²) in [6.07, 6.45) is 0.712. The number of benzene rings is 1. The van der Waals surface area contributed by atoms with Gasteiger partial charge in [-0.15, -0.1) is 0 Å². The fourth-order valence-corrected chi connectivity index (χ4v) is 2.06. The minimum Gasteiger partial charge on any atom is -0.478 e. The Kier molecular flexibility index (Phi) is 5.05. The highest BCUT2D eigenvalue weighted by molar-refractivity contribution is 5.88. The summed E-state index contributed by atoms with van der Waals surface area (Å²) in [5, 5.41) is 12.9. The number of carbonyl (C=O) groups is 1. The van der Waals surface area contributed by atoms with Crippen LogP contribution in [0.5, 0.6) is 0 Å². The van der Waals surface area contributed by atoms with Crippen molar-refractivity contribution in [1.82, 2.24) is 15.0 Å². The second kappa shape index (κ2) is 6.99. The Labute approximate surface area is 123 Å². The molecule has 0 fully saturated rings. The monoisotopic (exact) mass is 289 g/mol. The summed E-state index contributed by atoms with van der Waals surface area (Å²) in [4.78, 5) is 17.6. The van der Waals surface area contributed by atoms with E-state index in [1.54, 1.807) is 12.1 Å². The number of likely N-dealkylation sites (N-methyl/N-ethyl adjacent to an activating group) is 1. The van der Waals surface area contributed by atoms with E-state index in [0.717, 1.165) is 19.6 Å².